The van der Waals surface area contributed by atoms with Crippen LogP contribution in [-0.4, -0.2) is 49.8 Å². The van der Waals surface area contributed by atoms with Gasteiger partial charge in [-0.15, -0.1) is 0 Å². The van der Waals surface area contributed by atoms with E-state index in [4.69, 9.17) is 10.5 Å². The molecule has 0 aromatic rings. The molecule has 1 heterocycles. The van der Waals surface area contributed by atoms with E-state index in [1.54, 1.807) is 0 Å². The number of ether oxygens (including phenoxy) is 1. The highest BCUT2D eigenvalue weighted by Gasteiger charge is 2.25. The first kappa shape index (κ1) is 15.2. The molecular weight excluding hydrogens is 230 g/mol. The molecule has 0 radical (unpaired) electrons. The monoisotopic (exact) mass is 257 g/mol. The summed E-state index contributed by atoms with van der Waals surface area (Å²) >= 11 is 0. The Morgan fingerprint density at radius 2 is 2.28 bits per heavy atom. The Hall–Kier alpha value is -0.810. The second-order valence-corrected chi connectivity index (χ2v) is 5.80. The Balaban J connectivity index is 2.51. The molecule has 18 heavy (non-hydrogen) atoms. The van der Waals surface area contributed by atoms with E-state index in [-0.39, 0.29) is 17.5 Å². The summed E-state index contributed by atoms with van der Waals surface area (Å²) in [4.78, 5) is 14.1. The van der Waals surface area contributed by atoms with E-state index in [0.29, 0.717) is 19.7 Å². The van der Waals surface area contributed by atoms with Gasteiger partial charge < -0.3 is 20.7 Å². The molecule has 1 aliphatic heterocycles. The van der Waals surface area contributed by atoms with Crippen LogP contribution in [-0.2, 0) is 4.74 Å². The summed E-state index contributed by atoms with van der Waals surface area (Å²) in [5, 5.41) is 3.03. The maximum Gasteiger partial charge on any atom is 0.317 e. The van der Waals surface area contributed by atoms with Crippen LogP contribution in [0.25, 0.3) is 0 Å². The van der Waals surface area contributed by atoms with E-state index >= 15 is 0 Å². The fourth-order valence-electron chi connectivity index (χ4n) is 2.02. The molecule has 1 unspecified atom stereocenters. The fraction of sp³-hybridized carbons (Fsp3) is 0.923. The highest BCUT2D eigenvalue weighted by Crippen LogP contribution is 2.15. The Morgan fingerprint density at radius 3 is 2.78 bits per heavy atom. The molecule has 0 spiro atoms. The normalized spacial score (nSPS) is 19.9. The molecule has 1 rings (SSSR count). The molecule has 0 aromatic heterocycles. The van der Waals surface area contributed by atoms with Gasteiger partial charge in [-0.2, -0.15) is 0 Å². The molecule has 0 bridgehead atoms. The van der Waals surface area contributed by atoms with Crippen molar-refractivity contribution in [1.29, 1.82) is 0 Å². The number of amides is 2. The molecule has 0 aliphatic carbocycles. The van der Waals surface area contributed by atoms with Gasteiger partial charge in [0.05, 0.1) is 12.6 Å². The summed E-state index contributed by atoms with van der Waals surface area (Å²) in [6, 6.07) is 0.173. The van der Waals surface area contributed by atoms with E-state index < -0.39 is 0 Å². The number of hydrogen-bond acceptors (Lipinski definition) is 3. The molecule has 1 fully saturated rings. The van der Waals surface area contributed by atoms with Gasteiger partial charge in [0.2, 0.25) is 0 Å². The van der Waals surface area contributed by atoms with Crippen molar-refractivity contribution in [2.45, 2.75) is 39.7 Å². The molecule has 1 aliphatic rings. The lowest BCUT2D eigenvalue weighted by atomic mass is 9.93. The van der Waals surface area contributed by atoms with Crippen LogP contribution in [0.5, 0.6) is 0 Å². The quantitative estimate of drug-likeness (QED) is 0.751. The van der Waals surface area contributed by atoms with Crippen LogP contribution in [0.4, 0.5) is 4.79 Å². The Morgan fingerprint density at radius 1 is 1.56 bits per heavy atom. The van der Waals surface area contributed by atoms with Crippen LogP contribution >= 0.6 is 0 Å². The lowest BCUT2D eigenvalue weighted by Gasteiger charge is -2.32. The van der Waals surface area contributed by atoms with Crippen LogP contribution < -0.4 is 11.1 Å². The molecule has 106 valence electrons. The number of nitrogens with zero attached hydrogens (tertiary/aromatic N) is 1. The van der Waals surface area contributed by atoms with Crippen molar-refractivity contribution in [3.05, 3.63) is 0 Å². The van der Waals surface area contributed by atoms with E-state index in [2.05, 4.69) is 26.1 Å². The minimum atomic E-state index is -0.0430. The second-order valence-electron chi connectivity index (χ2n) is 5.80. The Labute approximate surface area is 110 Å². The van der Waals surface area contributed by atoms with Crippen molar-refractivity contribution < 1.29 is 9.53 Å². The first-order chi connectivity index (χ1) is 8.48. The molecule has 1 saturated heterocycles. The average Bonchev–Trinajstić information content (AvgIpc) is 2.81. The van der Waals surface area contributed by atoms with Crippen LogP contribution in [0, 0.1) is 5.41 Å². The molecule has 0 saturated carbocycles. The molecule has 0 aromatic carbocycles. The van der Waals surface area contributed by atoms with Crippen LogP contribution in [0.1, 0.15) is 33.6 Å². The third kappa shape index (κ3) is 4.82. The molecule has 3 N–H and O–H groups in total. The first-order valence-electron chi connectivity index (χ1n) is 6.82. The molecule has 5 heteroatoms. The SMILES string of the molecule is CCCN(CC(C)(C)CN)C(=O)NC1CCOC1. The number of hydrogen-bond donors (Lipinski definition) is 2. The number of carbonyl (C=O) groups excluding carboxylic acids is 1. The van der Waals surface area contributed by atoms with E-state index in [1.165, 1.54) is 0 Å². The molecule has 2 amide bonds. The lowest BCUT2D eigenvalue weighted by molar-refractivity contribution is 0.160. The standard InChI is InChI=1S/C13H27N3O2/c1-4-6-16(10-13(2,3)9-14)12(17)15-11-5-7-18-8-11/h11H,4-10,14H2,1-3H3,(H,15,17). The molecule has 5 nitrogen and oxygen atoms in total. The van der Waals surface area contributed by atoms with Crippen LogP contribution in [0.2, 0.25) is 0 Å². The highest BCUT2D eigenvalue weighted by atomic mass is 16.5. The third-order valence-electron chi connectivity index (χ3n) is 3.21. The summed E-state index contributed by atoms with van der Waals surface area (Å²) in [5.41, 5.74) is 5.69. The predicted molar refractivity (Wildman–Crippen MR) is 72.5 cm³/mol. The summed E-state index contributed by atoms with van der Waals surface area (Å²) in [7, 11) is 0. The van der Waals surface area contributed by atoms with Gasteiger partial charge in [0.1, 0.15) is 0 Å². The number of nitrogens with two attached hydrogens (primary N) is 1. The average molecular weight is 257 g/mol. The smallest absolute Gasteiger partial charge is 0.317 e. The lowest BCUT2D eigenvalue weighted by Crippen LogP contribution is -2.49. The molecule has 1 atom stereocenters. The van der Waals surface area contributed by atoms with E-state index in [0.717, 1.165) is 26.0 Å². The van der Waals surface area contributed by atoms with Gasteiger partial charge in [0, 0.05) is 19.7 Å². The van der Waals surface area contributed by atoms with Crippen molar-refractivity contribution in [2.24, 2.45) is 11.1 Å². The van der Waals surface area contributed by atoms with Crippen molar-refractivity contribution in [1.82, 2.24) is 10.2 Å². The van der Waals surface area contributed by atoms with Crippen molar-refractivity contribution in [2.75, 3.05) is 32.8 Å². The van der Waals surface area contributed by atoms with E-state index in [1.807, 2.05) is 4.90 Å². The molecular formula is C13H27N3O2. The summed E-state index contributed by atoms with van der Waals surface area (Å²) in [6.07, 6.45) is 1.86. The summed E-state index contributed by atoms with van der Waals surface area (Å²) in [5.74, 6) is 0. The van der Waals surface area contributed by atoms with Gasteiger partial charge in [-0.25, -0.2) is 4.79 Å². The zero-order valence-corrected chi connectivity index (χ0v) is 11.9. The van der Waals surface area contributed by atoms with Crippen molar-refractivity contribution in [3.8, 4) is 0 Å². The topological polar surface area (TPSA) is 67.6 Å². The van der Waals surface area contributed by atoms with Crippen LogP contribution in [0.15, 0.2) is 0 Å². The van der Waals surface area contributed by atoms with Crippen molar-refractivity contribution in [3.63, 3.8) is 0 Å². The summed E-state index contributed by atoms with van der Waals surface area (Å²) in [6.45, 7) is 9.66. The zero-order valence-electron chi connectivity index (χ0n) is 11.9. The second kappa shape index (κ2) is 6.95. The predicted octanol–water partition coefficient (Wildman–Crippen LogP) is 1.18. The van der Waals surface area contributed by atoms with Gasteiger partial charge in [0.15, 0.2) is 0 Å². The van der Waals surface area contributed by atoms with Gasteiger partial charge in [0.25, 0.3) is 0 Å². The maximum atomic E-state index is 12.2. The van der Waals surface area contributed by atoms with Crippen molar-refractivity contribution >= 4 is 6.03 Å². The Kier molecular flexibility index (Phi) is 5.88. The minimum Gasteiger partial charge on any atom is -0.379 e. The van der Waals surface area contributed by atoms with Gasteiger partial charge in [-0.1, -0.05) is 20.8 Å². The number of carbonyl (C=O) groups is 1. The number of rotatable bonds is 6. The minimum absolute atomic E-state index is 0.00822. The fourth-order valence-corrected chi connectivity index (χ4v) is 2.02. The largest absolute Gasteiger partial charge is 0.379 e. The summed E-state index contributed by atoms with van der Waals surface area (Å²) < 4.78 is 5.27. The number of urea groups is 1. The van der Waals surface area contributed by atoms with Crippen LogP contribution in [0.3, 0.4) is 0 Å². The third-order valence-corrected chi connectivity index (χ3v) is 3.21. The maximum absolute atomic E-state index is 12.2. The van der Waals surface area contributed by atoms with Gasteiger partial charge in [-0.05, 0) is 24.8 Å². The van der Waals surface area contributed by atoms with Gasteiger partial charge >= 0.3 is 6.03 Å². The van der Waals surface area contributed by atoms with Gasteiger partial charge in [-0.3, -0.25) is 0 Å². The number of nitrogens with one attached hydrogen (secondary N) is 1. The Bertz CT molecular complexity index is 263. The zero-order chi connectivity index (χ0) is 13.6. The first-order valence-corrected chi connectivity index (χ1v) is 6.82. The highest BCUT2D eigenvalue weighted by molar-refractivity contribution is 5.74. The van der Waals surface area contributed by atoms with E-state index in [9.17, 15) is 4.79 Å².